The van der Waals surface area contributed by atoms with Gasteiger partial charge in [0.05, 0.1) is 19.9 Å². The van der Waals surface area contributed by atoms with Crippen molar-refractivity contribution in [2.24, 2.45) is 0 Å². The molecule has 2 atom stereocenters. The number of hydrogen-bond donors (Lipinski definition) is 2. The summed E-state index contributed by atoms with van der Waals surface area (Å²) >= 11 is 0. The maximum atomic E-state index is 12.5. The van der Waals surface area contributed by atoms with Crippen molar-refractivity contribution in [2.45, 2.75) is 12.3 Å². The standard InChI is InChI=1S/C12H24N4O5/c1-20-8-14-7-13(3-5-17)10-11(14)16(9-21-2)12(19)15(10)4-6-18/h10-11,17-18H,3-9H2,1-2H3. The molecule has 0 radical (unpaired) electrons. The molecule has 2 rings (SSSR count). The minimum absolute atomic E-state index is 0.00940. The minimum Gasteiger partial charge on any atom is -0.395 e. The molecular formula is C12H24N4O5. The lowest BCUT2D eigenvalue weighted by Gasteiger charge is -2.28. The SMILES string of the molecule is COCN1CN(CCO)C2C1N(COC)C(=O)N2CCO. The van der Waals surface area contributed by atoms with Crippen molar-refractivity contribution in [3.05, 3.63) is 0 Å². The lowest BCUT2D eigenvalue weighted by atomic mass is 10.3. The molecule has 2 amide bonds. The van der Waals surface area contributed by atoms with Gasteiger partial charge in [-0.1, -0.05) is 0 Å². The van der Waals surface area contributed by atoms with Gasteiger partial charge in [-0.05, 0) is 0 Å². The third kappa shape index (κ3) is 2.98. The number of amides is 2. The zero-order valence-corrected chi connectivity index (χ0v) is 12.5. The number of rotatable bonds is 8. The van der Waals surface area contributed by atoms with Gasteiger partial charge in [0, 0.05) is 27.3 Å². The summed E-state index contributed by atoms with van der Waals surface area (Å²) in [7, 11) is 3.14. The summed E-state index contributed by atoms with van der Waals surface area (Å²) in [6.45, 7) is 1.75. The molecule has 122 valence electrons. The van der Waals surface area contributed by atoms with E-state index in [1.165, 1.54) is 7.11 Å². The van der Waals surface area contributed by atoms with Crippen LogP contribution in [0.2, 0.25) is 0 Å². The van der Waals surface area contributed by atoms with Gasteiger partial charge < -0.3 is 24.6 Å². The molecule has 2 N–H and O–H groups in total. The predicted molar refractivity (Wildman–Crippen MR) is 72.9 cm³/mol. The van der Waals surface area contributed by atoms with Gasteiger partial charge in [0.2, 0.25) is 0 Å². The van der Waals surface area contributed by atoms with E-state index in [0.29, 0.717) is 19.9 Å². The van der Waals surface area contributed by atoms with E-state index in [9.17, 15) is 15.0 Å². The van der Waals surface area contributed by atoms with Crippen LogP contribution in [-0.4, -0.2) is 109 Å². The molecule has 2 unspecified atom stereocenters. The predicted octanol–water partition coefficient (Wildman–Crippen LogP) is -1.86. The Morgan fingerprint density at radius 3 is 2.19 bits per heavy atom. The largest absolute Gasteiger partial charge is 0.395 e. The average molecular weight is 304 g/mol. The van der Waals surface area contributed by atoms with E-state index in [0.717, 1.165) is 0 Å². The van der Waals surface area contributed by atoms with Crippen molar-refractivity contribution >= 4 is 6.03 Å². The van der Waals surface area contributed by atoms with Crippen LogP contribution in [0.4, 0.5) is 4.79 Å². The second kappa shape index (κ2) is 7.34. The van der Waals surface area contributed by atoms with Gasteiger partial charge in [-0.15, -0.1) is 0 Å². The molecule has 2 saturated heterocycles. The summed E-state index contributed by atoms with van der Waals surface area (Å²) in [5, 5.41) is 18.4. The number of carbonyl (C=O) groups is 1. The topological polar surface area (TPSA) is 88.9 Å². The molecule has 9 nitrogen and oxygen atoms in total. The number of methoxy groups -OCH3 is 2. The summed E-state index contributed by atoms with van der Waals surface area (Å²) in [4.78, 5) is 19.8. The highest BCUT2D eigenvalue weighted by Crippen LogP contribution is 2.33. The first-order valence-corrected chi connectivity index (χ1v) is 6.94. The van der Waals surface area contributed by atoms with E-state index in [2.05, 4.69) is 0 Å². The van der Waals surface area contributed by atoms with Gasteiger partial charge in [-0.25, -0.2) is 9.69 Å². The smallest absolute Gasteiger partial charge is 0.324 e. The fourth-order valence-electron chi connectivity index (χ4n) is 3.11. The third-order valence-corrected chi connectivity index (χ3v) is 3.80. The van der Waals surface area contributed by atoms with Gasteiger partial charge in [0.1, 0.15) is 25.8 Å². The number of β-amino-alcohol motifs (C(OH)–C–C–N with tert-alkyl or cyclic N) is 2. The maximum Gasteiger partial charge on any atom is 0.324 e. The molecule has 0 saturated carbocycles. The van der Waals surface area contributed by atoms with E-state index in [1.54, 1.807) is 16.9 Å². The molecule has 0 bridgehead atoms. The van der Waals surface area contributed by atoms with Crippen LogP contribution in [0.3, 0.4) is 0 Å². The fraction of sp³-hybridized carbons (Fsp3) is 0.917. The first kappa shape index (κ1) is 16.4. The highest BCUT2D eigenvalue weighted by atomic mass is 16.5. The summed E-state index contributed by atoms with van der Waals surface area (Å²) in [6.07, 6.45) is -0.433. The van der Waals surface area contributed by atoms with Crippen LogP contribution in [-0.2, 0) is 9.47 Å². The van der Waals surface area contributed by atoms with Gasteiger partial charge in [-0.3, -0.25) is 9.80 Å². The zero-order valence-electron chi connectivity index (χ0n) is 12.5. The molecule has 2 fully saturated rings. The Kier molecular flexibility index (Phi) is 5.73. The Balaban J connectivity index is 2.26. The van der Waals surface area contributed by atoms with Gasteiger partial charge >= 0.3 is 6.03 Å². The number of aliphatic hydroxyl groups is 2. The molecule has 2 heterocycles. The Labute approximate surface area is 124 Å². The molecule has 0 aromatic rings. The molecule has 0 aromatic heterocycles. The number of fused-ring (bicyclic) bond motifs is 1. The highest BCUT2D eigenvalue weighted by Gasteiger charge is 2.55. The van der Waals surface area contributed by atoms with Crippen LogP contribution < -0.4 is 0 Å². The average Bonchev–Trinajstić information content (AvgIpc) is 2.92. The monoisotopic (exact) mass is 304 g/mol. The number of nitrogens with zero attached hydrogens (tertiary/aromatic N) is 4. The second-order valence-corrected chi connectivity index (χ2v) is 5.10. The molecule has 2 aliphatic rings. The van der Waals surface area contributed by atoms with Crippen LogP contribution in [0, 0.1) is 0 Å². The maximum absolute atomic E-state index is 12.5. The Bertz CT molecular complexity index is 329. The molecule has 9 heteroatoms. The van der Waals surface area contributed by atoms with E-state index in [4.69, 9.17) is 9.47 Å². The highest BCUT2D eigenvalue weighted by molar-refractivity contribution is 5.77. The third-order valence-electron chi connectivity index (χ3n) is 3.80. The fourth-order valence-corrected chi connectivity index (χ4v) is 3.11. The van der Waals surface area contributed by atoms with Gasteiger partial charge in [0.15, 0.2) is 0 Å². The molecule has 21 heavy (non-hydrogen) atoms. The van der Waals surface area contributed by atoms with Crippen molar-refractivity contribution in [1.82, 2.24) is 19.6 Å². The van der Waals surface area contributed by atoms with Crippen LogP contribution >= 0.6 is 0 Å². The summed E-state index contributed by atoms with van der Waals surface area (Å²) in [5.41, 5.74) is 0. The molecule has 0 aromatic carbocycles. The van der Waals surface area contributed by atoms with E-state index < -0.39 is 0 Å². The van der Waals surface area contributed by atoms with Crippen LogP contribution in [0.1, 0.15) is 0 Å². The minimum atomic E-state index is -0.220. The van der Waals surface area contributed by atoms with E-state index in [-0.39, 0.29) is 44.9 Å². The number of ether oxygens (including phenoxy) is 2. The molecule has 0 spiro atoms. The van der Waals surface area contributed by atoms with Gasteiger partial charge in [-0.2, -0.15) is 0 Å². The van der Waals surface area contributed by atoms with Crippen molar-refractivity contribution in [1.29, 1.82) is 0 Å². The molecular weight excluding hydrogens is 280 g/mol. The molecule has 2 aliphatic heterocycles. The first-order valence-electron chi connectivity index (χ1n) is 6.94. The second-order valence-electron chi connectivity index (χ2n) is 5.10. The number of urea groups is 1. The quantitative estimate of drug-likeness (QED) is 0.544. The lowest BCUT2D eigenvalue weighted by Crippen LogP contribution is -2.47. The van der Waals surface area contributed by atoms with E-state index >= 15 is 0 Å². The van der Waals surface area contributed by atoms with Crippen molar-refractivity contribution < 1.29 is 24.5 Å². The summed E-state index contributed by atoms with van der Waals surface area (Å²) < 4.78 is 10.3. The normalized spacial score (nSPS) is 27.0. The molecule has 0 aliphatic carbocycles. The van der Waals surface area contributed by atoms with Crippen molar-refractivity contribution in [2.75, 3.05) is 60.7 Å². The summed E-state index contributed by atoms with van der Waals surface area (Å²) in [6, 6.07) is -0.176. The van der Waals surface area contributed by atoms with Crippen LogP contribution in [0.5, 0.6) is 0 Å². The van der Waals surface area contributed by atoms with Crippen LogP contribution in [0.15, 0.2) is 0 Å². The first-order chi connectivity index (χ1) is 10.2. The Hall–Kier alpha value is -0.970. The number of hydrogen-bond acceptors (Lipinski definition) is 7. The number of carbonyl (C=O) groups excluding carboxylic acids is 1. The van der Waals surface area contributed by atoms with Crippen molar-refractivity contribution in [3.8, 4) is 0 Å². The Morgan fingerprint density at radius 2 is 1.62 bits per heavy atom. The van der Waals surface area contributed by atoms with Crippen molar-refractivity contribution in [3.63, 3.8) is 0 Å². The van der Waals surface area contributed by atoms with Crippen LogP contribution in [0.25, 0.3) is 0 Å². The zero-order chi connectivity index (χ0) is 15.4. The summed E-state index contributed by atoms with van der Waals surface area (Å²) in [5.74, 6) is 0. The Morgan fingerprint density at radius 1 is 1.00 bits per heavy atom. The number of aliphatic hydroxyl groups excluding tert-OH is 2. The van der Waals surface area contributed by atoms with Gasteiger partial charge in [0.25, 0.3) is 0 Å². The van der Waals surface area contributed by atoms with E-state index in [1.807, 2.05) is 9.80 Å². The lowest BCUT2D eigenvalue weighted by molar-refractivity contribution is -0.0183.